The Labute approximate surface area is 105 Å². The smallest absolute Gasteiger partial charge is 0.274 e. The van der Waals surface area contributed by atoms with Crippen molar-refractivity contribution in [2.24, 2.45) is 11.7 Å². The SMILES string of the molecule is Cc1ccc(C(=O)N2CCC(C(N)=O)CC2)nn1. The first-order chi connectivity index (χ1) is 8.58. The predicted molar refractivity (Wildman–Crippen MR) is 64.6 cm³/mol. The Morgan fingerprint density at radius 3 is 2.44 bits per heavy atom. The van der Waals surface area contributed by atoms with Crippen LogP contribution in [0.2, 0.25) is 0 Å². The number of likely N-dealkylation sites (tertiary alicyclic amines) is 1. The van der Waals surface area contributed by atoms with Crippen molar-refractivity contribution >= 4 is 11.8 Å². The molecule has 1 fully saturated rings. The zero-order chi connectivity index (χ0) is 13.1. The Hall–Kier alpha value is -1.98. The monoisotopic (exact) mass is 248 g/mol. The fraction of sp³-hybridized carbons (Fsp3) is 0.500. The summed E-state index contributed by atoms with van der Waals surface area (Å²) in [5, 5.41) is 7.74. The summed E-state index contributed by atoms with van der Waals surface area (Å²) in [6, 6.07) is 3.43. The maximum atomic E-state index is 12.1. The first kappa shape index (κ1) is 12.5. The highest BCUT2D eigenvalue weighted by atomic mass is 16.2. The molecular weight excluding hydrogens is 232 g/mol. The summed E-state index contributed by atoms with van der Waals surface area (Å²) in [7, 11) is 0. The molecule has 0 saturated carbocycles. The first-order valence-corrected chi connectivity index (χ1v) is 5.97. The Kier molecular flexibility index (Phi) is 3.55. The van der Waals surface area contributed by atoms with E-state index in [-0.39, 0.29) is 17.7 Å². The lowest BCUT2D eigenvalue weighted by Gasteiger charge is -2.30. The Morgan fingerprint density at radius 2 is 1.94 bits per heavy atom. The Bertz CT molecular complexity index is 450. The molecular formula is C12H16N4O2. The number of nitrogens with zero attached hydrogens (tertiary/aromatic N) is 3. The molecule has 96 valence electrons. The number of aromatic nitrogens is 2. The molecule has 1 aliphatic heterocycles. The molecule has 0 atom stereocenters. The summed E-state index contributed by atoms with van der Waals surface area (Å²) < 4.78 is 0. The van der Waals surface area contributed by atoms with E-state index in [1.165, 1.54) is 0 Å². The third-order valence-corrected chi connectivity index (χ3v) is 3.20. The average Bonchev–Trinajstić information content (AvgIpc) is 2.39. The number of primary amides is 1. The van der Waals surface area contributed by atoms with E-state index in [4.69, 9.17) is 5.73 Å². The van der Waals surface area contributed by atoms with E-state index in [0.717, 1.165) is 5.69 Å². The van der Waals surface area contributed by atoms with E-state index in [2.05, 4.69) is 10.2 Å². The molecule has 0 unspecified atom stereocenters. The zero-order valence-electron chi connectivity index (χ0n) is 10.3. The number of nitrogens with two attached hydrogens (primary N) is 1. The number of amides is 2. The third kappa shape index (κ3) is 2.64. The molecule has 2 heterocycles. The molecule has 1 aliphatic rings. The number of hydrogen-bond donors (Lipinski definition) is 1. The van der Waals surface area contributed by atoms with Gasteiger partial charge in [-0.2, -0.15) is 5.10 Å². The fourth-order valence-electron chi connectivity index (χ4n) is 2.04. The maximum Gasteiger partial charge on any atom is 0.274 e. The molecule has 2 amide bonds. The quantitative estimate of drug-likeness (QED) is 0.805. The van der Waals surface area contributed by atoms with E-state index in [1.54, 1.807) is 17.0 Å². The molecule has 0 radical (unpaired) electrons. The first-order valence-electron chi connectivity index (χ1n) is 5.97. The number of rotatable bonds is 2. The lowest BCUT2D eigenvalue weighted by Crippen LogP contribution is -2.42. The molecule has 1 aromatic heterocycles. The summed E-state index contributed by atoms with van der Waals surface area (Å²) >= 11 is 0. The van der Waals surface area contributed by atoms with Crippen LogP contribution < -0.4 is 5.73 Å². The highest BCUT2D eigenvalue weighted by Crippen LogP contribution is 2.18. The van der Waals surface area contributed by atoms with Gasteiger partial charge >= 0.3 is 0 Å². The minimum absolute atomic E-state index is 0.113. The summed E-state index contributed by atoms with van der Waals surface area (Å²) in [5.41, 5.74) is 6.37. The normalized spacial score (nSPS) is 16.6. The molecule has 0 bridgehead atoms. The molecule has 0 aliphatic carbocycles. The van der Waals surface area contributed by atoms with E-state index in [9.17, 15) is 9.59 Å². The number of carbonyl (C=O) groups excluding carboxylic acids is 2. The molecule has 1 saturated heterocycles. The Morgan fingerprint density at radius 1 is 1.28 bits per heavy atom. The topological polar surface area (TPSA) is 89.2 Å². The second-order valence-corrected chi connectivity index (χ2v) is 4.53. The lowest BCUT2D eigenvalue weighted by atomic mass is 9.96. The summed E-state index contributed by atoms with van der Waals surface area (Å²) in [6.07, 6.45) is 1.25. The summed E-state index contributed by atoms with van der Waals surface area (Å²) in [5.74, 6) is -0.527. The Balaban J connectivity index is 1.99. The van der Waals surface area contributed by atoms with Crippen LogP contribution >= 0.6 is 0 Å². The molecule has 6 heteroatoms. The van der Waals surface area contributed by atoms with Crippen LogP contribution in [0.4, 0.5) is 0 Å². The van der Waals surface area contributed by atoms with Gasteiger partial charge in [-0.25, -0.2) is 0 Å². The van der Waals surface area contributed by atoms with Gasteiger partial charge in [0.25, 0.3) is 5.91 Å². The highest BCUT2D eigenvalue weighted by molar-refractivity contribution is 5.92. The lowest BCUT2D eigenvalue weighted by molar-refractivity contribution is -0.123. The second kappa shape index (κ2) is 5.12. The fourth-order valence-corrected chi connectivity index (χ4v) is 2.04. The van der Waals surface area contributed by atoms with Gasteiger partial charge in [0.05, 0.1) is 5.69 Å². The van der Waals surface area contributed by atoms with Crippen LogP contribution in [0.1, 0.15) is 29.0 Å². The van der Waals surface area contributed by atoms with Crippen LogP contribution in [-0.2, 0) is 4.79 Å². The van der Waals surface area contributed by atoms with Crippen molar-refractivity contribution in [3.05, 3.63) is 23.5 Å². The molecule has 6 nitrogen and oxygen atoms in total. The van der Waals surface area contributed by atoms with Gasteiger partial charge in [-0.3, -0.25) is 9.59 Å². The van der Waals surface area contributed by atoms with Gasteiger partial charge in [0.15, 0.2) is 5.69 Å². The minimum Gasteiger partial charge on any atom is -0.369 e. The third-order valence-electron chi connectivity index (χ3n) is 3.20. The molecule has 18 heavy (non-hydrogen) atoms. The van der Waals surface area contributed by atoms with Crippen LogP contribution in [0.15, 0.2) is 12.1 Å². The number of hydrogen-bond acceptors (Lipinski definition) is 4. The second-order valence-electron chi connectivity index (χ2n) is 4.53. The van der Waals surface area contributed by atoms with Crippen molar-refractivity contribution in [1.29, 1.82) is 0 Å². The number of aryl methyl sites for hydroxylation is 1. The van der Waals surface area contributed by atoms with Crippen molar-refractivity contribution in [1.82, 2.24) is 15.1 Å². The molecule has 0 aromatic carbocycles. The van der Waals surface area contributed by atoms with Crippen molar-refractivity contribution in [2.75, 3.05) is 13.1 Å². The predicted octanol–water partition coefficient (Wildman–Crippen LogP) is 0.123. The van der Waals surface area contributed by atoms with Crippen molar-refractivity contribution in [2.45, 2.75) is 19.8 Å². The zero-order valence-corrected chi connectivity index (χ0v) is 10.3. The van der Waals surface area contributed by atoms with Crippen LogP contribution in [0, 0.1) is 12.8 Å². The highest BCUT2D eigenvalue weighted by Gasteiger charge is 2.26. The van der Waals surface area contributed by atoms with Crippen molar-refractivity contribution in [3.63, 3.8) is 0 Å². The van der Waals surface area contributed by atoms with Gasteiger partial charge in [0.2, 0.25) is 5.91 Å². The molecule has 1 aromatic rings. The van der Waals surface area contributed by atoms with Gasteiger partial charge < -0.3 is 10.6 Å². The average molecular weight is 248 g/mol. The number of carbonyl (C=O) groups is 2. The summed E-state index contributed by atoms with van der Waals surface area (Å²) in [6.45, 7) is 2.91. The van der Waals surface area contributed by atoms with Gasteiger partial charge in [-0.05, 0) is 31.9 Å². The van der Waals surface area contributed by atoms with Crippen molar-refractivity contribution < 1.29 is 9.59 Å². The minimum atomic E-state index is -0.280. The van der Waals surface area contributed by atoms with Gasteiger partial charge in [0.1, 0.15) is 0 Å². The van der Waals surface area contributed by atoms with Gasteiger partial charge in [0, 0.05) is 19.0 Å². The molecule has 2 rings (SSSR count). The van der Waals surface area contributed by atoms with Crippen LogP contribution in [-0.4, -0.2) is 40.0 Å². The maximum absolute atomic E-state index is 12.1. The molecule has 2 N–H and O–H groups in total. The standard InChI is InChI=1S/C12H16N4O2/c1-8-2-3-10(15-14-8)12(18)16-6-4-9(5-7-16)11(13)17/h2-3,9H,4-7H2,1H3,(H2,13,17). The van der Waals surface area contributed by atoms with E-state index >= 15 is 0 Å². The number of piperidine rings is 1. The van der Waals surface area contributed by atoms with Crippen LogP contribution in [0.25, 0.3) is 0 Å². The van der Waals surface area contributed by atoms with E-state index < -0.39 is 0 Å². The largest absolute Gasteiger partial charge is 0.369 e. The van der Waals surface area contributed by atoms with Crippen LogP contribution in [0.5, 0.6) is 0 Å². The van der Waals surface area contributed by atoms with Gasteiger partial charge in [-0.1, -0.05) is 0 Å². The van der Waals surface area contributed by atoms with Crippen molar-refractivity contribution in [3.8, 4) is 0 Å². The molecule has 0 spiro atoms. The van der Waals surface area contributed by atoms with E-state index in [0.29, 0.717) is 31.6 Å². The van der Waals surface area contributed by atoms with Crippen LogP contribution in [0.3, 0.4) is 0 Å². The summed E-state index contributed by atoms with van der Waals surface area (Å²) in [4.78, 5) is 24.8. The van der Waals surface area contributed by atoms with E-state index in [1.807, 2.05) is 6.92 Å². The van der Waals surface area contributed by atoms with Gasteiger partial charge in [-0.15, -0.1) is 5.10 Å².